The van der Waals surface area contributed by atoms with Crippen LogP contribution in [0, 0.1) is 69.6 Å². The minimum atomic E-state index is 0. The number of likely N-dealkylation sites (N-methyl/N-ethyl adjacent to an activating group) is 1. The van der Waals surface area contributed by atoms with E-state index in [0.29, 0.717) is 0 Å². The van der Waals surface area contributed by atoms with Gasteiger partial charge in [0, 0.05) is 24.3 Å². The Hall–Kier alpha value is 0.689. The molecule has 0 atom stereocenters. The van der Waals surface area contributed by atoms with E-state index in [1.54, 1.807) is 0 Å². The fourth-order valence-corrected chi connectivity index (χ4v) is 3.50. The molecule has 3 aliphatic heterocycles. The zero-order valence-electron chi connectivity index (χ0n) is 13.6. The van der Waals surface area contributed by atoms with Gasteiger partial charge < -0.3 is 24.0 Å². The van der Waals surface area contributed by atoms with Gasteiger partial charge >= 0.3 is 17.1 Å². The maximum Gasteiger partial charge on any atom is 2.00 e. The van der Waals surface area contributed by atoms with Gasteiger partial charge in [0.05, 0.1) is 20.1 Å². The Balaban J connectivity index is 0.000000328. The standard InChI is InChI=1S/C15H19N.C5H5.Fe.HI/c1-12-14-7-9-16(2,10-8-14)15(12)11-13-5-3-4-6-13;1-2-4-5-3-1;;/h3-6,11,14H,1,7-10H2,2H3;1-5H;;1H/q+1;;+2;/p-1/b15-11+;;;. The van der Waals surface area contributed by atoms with Crippen molar-refractivity contribution < 1.29 is 45.5 Å². The zero-order valence-corrected chi connectivity index (χ0v) is 16.8. The maximum absolute atomic E-state index is 4.32. The molecule has 5 rings (SSSR count). The molecular weight excluding hydrogens is 437 g/mol. The summed E-state index contributed by atoms with van der Waals surface area (Å²) in [5, 5.41) is 0. The van der Waals surface area contributed by atoms with Crippen LogP contribution in [0.5, 0.6) is 0 Å². The van der Waals surface area contributed by atoms with Crippen molar-refractivity contribution in [1.82, 2.24) is 0 Å². The summed E-state index contributed by atoms with van der Waals surface area (Å²) in [4.78, 5) is 0. The first-order valence-corrected chi connectivity index (χ1v) is 7.83. The minimum absolute atomic E-state index is 0. The first-order valence-electron chi connectivity index (χ1n) is 7.83. The molecule has 122 valence electrons. The average Bonchev–Trinajstić information content (AvgIpc) is 3.19. The first kappa shape index (κ1) is 21.7. The summed E-state index contributed by atoms with van der Waals surface area (Å²) in [6.45, 7) is 6.90. The number of nitrogens with zero attached hydrogens (tertiary/aromatic N) is 1. The third-order valence-corrected chi connectivity index (χ3v) is 4.89. The van der Waals surface area contributed by atoms with E-state index in [0.717, 1.165) is 10.4 Å². The average molecular weight is 461 g/mol. The van der Waals surface area contributed by atoms with Gasteiger partial charge in [-0.3, -0.25) is 4.48 Å². The van der Waals surface area contributed by atoms with Gasteiger partial charge in [0.1, 0.15) is 5.70 Å². The zero-order chi connectivity index (χ0) is 14.7. The van der Waals surface area contributed by atoms with Crippen LogP contribution in [-0.2, 0) is 17.1 Å². The molecule has 5 fully saturated rings. The summed E-state index contributed by atoms with van der Waals surface area (Å²) in [5.41, 5.74) is 2.86. The second-order valence-electron chi connectivity index (χ2n) is 6.35. The summed E-state index contributed by atoms with van der Waals surface area (Å²) in [6, 6.07) is 0. The van der Waals surface area contributed by atoms with Gasteiger partial charge in [0.15, 0.2) is 0 Å². The van der Waals surface area contributed by atoms with E-state index in [-0.39, 0.29) is 41.0 Å². The van der Waals surface area contributed by atoms with Crippen LogP contribution in [-0.4, -0.2) is 24.6 Å². The van der Waals surface area contributed by atoms with Gasteiger partial charge in [-0.05, 0) is 69.8 Å². The molecule has 0 N–H and O–H groups in total. The number of piperidine rings is 3. The molecule has 0 spiro atoms. The number of hydrogen-bond acceptors (Lipinski definition) is 0. The molecule has 5 aliphatic rings. The van der Waals surface area contributed by atoms with Crippen LogP contribution in [0.2, 0.25) is 0 Å². The van der Waals surface area contributed by atoms with Crippen LogP contribution < -0.4 is 24.0 Å². The van der Waals surface area contributed by atoms with E-state index in [2.05, 4.69) is 45.4 Å². The van der Waals surface area contributed by atoms with Gasteiger partial charge in [-0.2, -0.15) is 0 Å². The quantitative estimate of drug-likeness (QED) is 0.307. The largest absolute Gasteiger partial charge is 2.00 e. The molecular formula is C20H24FeIN+2. The normalized spacial score (nSPS) is 34.6. The Morgan fingerprint density at radius 1 is 0.957 bits per heavy atom. The summed E-state index contributed by atoms with van der Waals surface area (Å²) >= 11 is 0. The van der Waals surface area contributed by atoms with Crippen molar-refractivity contribution in [3.8, 4) is 0 Å². The molecule has 0 aromatic heterocycles. The molecule has 0 aromatic carbocycles. The van der Waals surface area contributed by atoms with Crippen LogP contribution in [0.25, 0.3) is 0 Å². The summed E-state index contributed by atoms with van der Waals surface area (Å²) < 4.78 is 1.10. The number of hydrogen-bond donors (Lipinski definition) is 0. The molecule has 2 aliphatic carbocycles. The van der Waals surface area contributed by atoms with E-state index in [1.807, 2.05) is 32.1 Å². The summed E-state index contributed by atoms with van der Waals surface area (Å²) in [5.74, 6) is 2.07. The second-order valence-corrected chi connectivity index (χ2v) is 6.35. The predicted octanol–water partition coefficient (Wildman–Crippen LogP) is 0.725. The molecule has 0 aromatic rings. The fourth-order valence-electron chi connectivity index (χ4n) is 3.50. The number of halogens is 1. The number of rotatable bonds is 1. The molecule has 0 unspecified atom stereocenters. The van der Waals surface area contributed by atoms with Crippen LogP contribution in [0.15, 0.2) is 23.9 Å². The molecule has 2 saturated carbocycles. The molecule has 2 bridgehead atoms. The van der Waals surface area contributed by atoms with Gasteiger partial charge in [-0.15, -0.1) is 0 Å². The molecule has 10 radical (unpaired) electrons. The third-order valence-electron chi connectivity index (χ3n) is 4.89. The third kappa shape index (κ3) is 5.33. The van der Waals surface area contributed by atoms with Crippen molar-refractivity contribution in [3.63, 3.8) is 0 Å². The Labute approximate surface area is 171 Å². The Morgan fingerprint density at radius 3 is 1.87 bits per heavy atom. The summed E-state index contributed by atoms with van der Waals surface area (Å²) in [6.07, 6.45) is 23.6. The number of allylic oxidation sites excluding steroid dienone is 2. The summed E-state index contributed by atoms with van der Waals surface area (Å²) in [7, 11) is 2.36. The first-order chi connectivity index (χ1) is 10.2. The molecule has 3 heteroatoms. The van der Waals surface area contributed by atoms with Gasteiger partial charge in [0.25, 0.3) is 0 Å². The van der Waals surface area contributed by atoms with E-state index in [4.69, 9.17) is 0 Å². The van der Waals surface area contributed by atoms with Gasteiger partial charge in [-0.1, -0.05) is 6.58 Å². The number of fused-ring (bicyclic) bond motifs is 3. The van der Waals surface area contributed by atoms with Crippen LogP contribution in [0.3, 0.4) is 0 Å². The van der Waals surface area contributed by atoms with Crippen molar-refractivity contribution in [2.75, 3.05) is 20.1 Å². The predicted molar refractivity (Wildman–Crippen MR) is 87.8 cm³/mol. The number of quaternary nitrogens is 1. The maximum atomic E-state index is 4.32. The van der Waals surface area contributed by atoms with Crippen molar-refractivity contribution in [2.24, 2.45) is 5.92 Å². The molecule has 23 heavy (non-hydrogen) atoms. The Bertz CT molecular complexity index is 392. The molecule has 3 heterocycles. The monoisotopic (exact) mass is 461 g/mol. The van der Waals surface area contributed by atoms with E-state index >= 15 is 0 Å². The van der Waals surface area contributed by atoms with Crippen LogP contribution in [0.4, 0.5) is 0 Å². The van der Waals surface area contributed by atoms with E-state index in [9.17, 15) is 0 Å². The van der Waals surface area contributed by atoms with E-state index < -0.39 is 0 Å². The second kappa shape index (κ2) is 9.99. The fraction of sp³-hybridized carbons (Fsp3) is 0.300. The minimum Gasteiger partial charge on any atom is -1.00 e. The Kier molecular flexibility index (Phi) is 9.44. The van der Waals surface area contributed by atoms with Crippen LogP contribution in [0.1, 0.15) is 12.8 Å². The topological polar surface area (TPSA) is 0 Å². The molecule has 3 saturated heterocycles. The van der Waals surface area contributed by atoms with Crippen molar-refractivity contribution >= 4 is 0 Å². The van der Waals surface area contributed by atoms with Crippen LogP contribution >= 0.6 is 0 Å². The van der Waals surface area contributed by atoms with Crippen molar-refractivity contribution in [2.45, 2.75) is 12.8 Å². The van der Waals surface area contributed by atoms with E-state index in [1.165, 1.54) is 43.1 Å². The molecule has 0 amide bonds. The van der Waals surface area contributed by atoms with Crippen molar-refractivity contribution in [3.05, 3.63) is 87.6 Å². The molecule has 1 nitrogen and oxygen atoms in total. The van der Waals surface area contributed by atoms with Gasteiger partial charge in [0.2, 0.25) is 0 Å². The smallest absolute Gasteiger partial charge is 1.00 e. The Morgan fingerprint density at radius 2 is 1.43 bits per heavy atom. The van der Waals surface area contributed by atoms with Gasteiger partial charge in [-0.25, -0.2) is 0 Å². The van der Waals surface area contributed by atoms with Crippen molar-refractivity contribution in [1.29, 1.82) is 0 Å². The SMILES string of the molecule is C=C1/C(=C\[C]2[CH][CH][CH][CH]2)[N+]2(C)CCC1CC2.[CH]1[CH][CH][CH][CH]1.[Fe+2].[I-].